The van der Waals surface area contributed by atoms with Gasteiger partial charge in [-0.15, -0.1) is 0 Å². The van der Waals surface area contributed by atoms with Gasteiger partial charge in [0, 0.05) is 19.5 Å². The molecule has 0 bridgehead atoms. The molecule has 0 saturated heterocycles. The Bertz CT molecular complexity index is 144. The molecule has 0 spiro atoms. The number of carbonyl (C=O) groups excluding carboxylic acids is 1. The SMILES string of the molecule is CCCCCC(=O)N(CCO)CCO. The fourth-order valence-corrected chi connectivity index (χ4v) is 1.29. The van der Waals surface area contributed by atoms with Gasteiger partial charge in [0.15, 0.2) is 0 Å². The molecule has 0 aromatic rings. The number of aliphatic hydroxyl groups excluding tert-OH is 2. The first-order valence-electron chi connectivity index (χ1n) is 5.25. The summed E-state index contributed by atoms with van der Waals surface area (Å²) in [7, 11) is 0. The van der Waals surface area contributed by atoms with Gasteiger partial charge in [-0.1, -0.05) is 19.8 Å². The lowest BCUT2D eigenvalue weighted by molar-refractivity contribution is -0.132. The van der Waals surface area contributed by atoms with Crippen molar-refractivity contribution < 1.29 is 15.0 Å². The summed E-state index contributed by atoms with van der Waals surface area (Å²) < 4.78 is 0. The predicted molar refractivity (Wildman–Crippen MR) is 54.9 cm³/mol. The summed E-state index contributed by atoms with van der Waals surface area (Å²) in [6, 6.07) is 0. The Labute approximate surface area is 85.5 Å². The highest BCUT2D eigenvalue weighted by Gasteiger charge is 2.10. The number of hydrogen-bond donors (Lipinski definition) is 2. The zero-order valence-electron chi connectivity index (χ0n) is 8.91. The van der Waals surface area contributed by atoms with Crippen molar-refractivity contribution >= 4 is 5.91 Å². The first-order chi connectivity index (χ1) is 6.76. The lowest BCUT2D eigenvalue weighted by atomic mass is 10.2. The molecule has 0 aromatic carbocycles. The van der Waals surface area contributed by atoms with E-state index in [4.69, 9.17) is 10.2 Å². The minimum absolute atomic E-state index is 0.0292. The topological polar surface area (TPSA) is 60.8 Å². The third kappa shape index (κ3) is 5.94. The summed E-state index contributed by atoms with van der Waals surface area (Å²) in [6.07, 6.45) is 3.56. The Morgan fingerprint density at radius 3 is 2.14 bits per heavy atom. The number of amides is 1. The van der Waals surface area contributed by atoms with Gasteiger partial charge in [0.25, 0.3) is 0 Å². The van der Waals surface area contributed by atoms with E-state index < -0.39 is 0 Å². The van der Waals surface area contributed by atoms with E-state index in [-0.39, 0.29) is 19.1 Å². The second-order valence-electron chi connectivity index (χ2n) is 3.29. The third-order valence-corrected chi connectivity index (χ3v) is 2.09. The van der Waals surface area contributed by atoms with Gasteiger partial charge in [-0.3, -0.25) is 4.79 Å². The van der Waals surface area contributed by atoms with E-state index >= 15 is 0 Å². The minimum atomic E-state index is -0.0421. The van der Waals surface area contributed by atoms with Crippen LogP contribution in [0.4, 0.5) is 0 Å². The molecule has 4 nitrogen and oxygen atoms in total. The van der Waals surface area contributed by atoms with Crippen LogP contribution < -0.4 is 0 Å². The molecule has 0 heterocycles. The number of hydrogen-bond acceptors (Lipinski definition) is 3. The van der Waals surface area contributed by atoms with E-state index in [9.17, 15) is 4.79 Å². The highest BCUT2D eigenvalue weighted by molar-refractivity contribution is 5.76. The van der Waals surface area contributed by atoms with Crippen molar-refractivity contribution in [1.82, 2.24) is 4.90 Å². The number of aliphatic hydroxyl groups is 2. The number of rotatable bonds is 8. The monoisotopic (exact) mass is 203 g/mol. The van der Waals surface area contributed by atoms with Crippen LogP contribution in [-0.4, -0.2) is 47.3 Å². The summed E-state index contributed by atoms with van der Waals surface area (Å²) in [5.74, 6) is 0.0292. The van der Waals surface area contributed by atoms with Crippen LogP contribution in [0.2, 0.25) is 0 Å². The van der Waals surface area contributed by atoms with Gasteiger partial charge in [0.05, 0.1) is 13.2 Å². The highest BCUT2D eigenvalue weighted by Crippen LogP contribution is 2.02. The second kappa shape index (κ2) is 8.97. The zero-order chi connectivity index (χ0) is 10.8. The Morgan fingerprint density at radius 2 is 1.71 bits per heavy atom. The van der Waals surface area contributed by atoms with Gasteiger partial charge in [0.2, 0.25) is 5.91 Å². The Hall–Kier alpha value is -0.610. The molecule has 0 aromatic heterocycles. The van der Waals surface area contributed by atoms with Gasteiger partial charge in [0.1, 0.15) is 0 Å². The number of unbranched alkanes of at least 4 members (excludes halogenated alkanes) is 2. The van der Waals surface area contributed by atoms with E-state index in [1.54, 1.807) is 0 Å². The Balaban J connectivity index is 3.76. The Morgan fingerprint density at radius 1 is 1.14 bits per heavy atom. The molecule has 0 aliphatic carbocycles. The maximum absolute atomic E-state index is 11.5. The van der Waals surface area contributed by atoms with Crippen LogP contribution in [0, 0.1) is 0 Å². The molecular weight excluding hydrogens is 182 g/mol. The van der Waals surface area contributed by atoms with Crippen molar-refractivity contribution in [2.45, 2.75) is 32.6 Å². The van der Waals surface area contributed by atoms with Gasteiger partial charge in [-0.25, -0.2) is 0 Å². The molecule has 0 aliphatic heterocycles. The van der Waals surface area contributed by atoms with Crippen molar-refractivity contribution in [3.63, 3.8) is 0 Å². The summed E-state index contributed by atoms with van der Waals surface area (Å²) in [5.41, 5.74) is 0. The zero-order valence-corrected chi connectivity index (χ0v) is 8.91. The van der Waals surface area contributed by atoms with Crippen molar-refractivity contribution in [2.24, 2.45) is 0 Å². The van der Waals surface area contributed by atoms with Crippen LogP contribution in [0.1, 0.15) is 32.6 Å². The smallest absolute Gasteiger partial charge is 0.222 e. The lowest BCUT2D eigenvalue weighted by Gasteiger charge is -2.20. The van der Waals surface area contributed by atoms with E-state index in [2.05, 4.69) is 6.92 Å². The molecule has 0 unspecified atom stereocenters. The average molecular weight is 203 g/mol. The van der Waals surface area contributed by atoms with Crippen LogP contribution >= 0.6 is 0 Å². The van der Waals surface area contributed by atoms with Crippen LogP contribution in [0.25, 0.3) is 0 Å². The highest BCUT2D eigenvalue weighted by atomic mass is 16.3. The fourth-order valence-electron chi connectivity index (χ4n) is 1.29. The molecule has 14 heavy (non-hydrogen) atoms. The predicted octanol–water partition coefficient (Wildman–Crippen LogP) is 0.380. The minimum Gasteiger partial charge on any atom is -0.395 e. The molecular formula is C10H21NO3. The van der Waals surface area contributed by atoms with Crippen molar-refractivity contribution in [3.05, 3.63) is 0 Å². The summed E-state index contributed by atoms with van der Waals surface area (Å²) in [6.45, 7) is 2.65. The molecule has 0 radical (unpaired) electrons. The van der Waals surface area contributed by atoms with E-state index in [1.807, 2.05) is 0 Å². The van der Waals surface area contributed by atoms with Crippen molar-refractivity contribution in [1.29, 1.82) is 0 Å². The average Bonchev–Trinajstić information content (AvgIpc) is 2.18. The van der Waals surface area contributed by atoms with Gasteiger partial charge in [-0.05, 0) is 6.42 Å². The summed E-state index contributed by atoms with van der Waals surface area (Å²) in [5, 5.41) is 17.4. The first kappa shape index (κ1) is 13.4. The fraction of sp³-hybridized carbons (Fsp3) is 0.900. The van der Waals surface area contributed by atoms with Gasteiger partial charge < -0.3 is 15.1 Å². The van der Waals surface area contributed by atoms with Crippen LogP contribution in [0.3, 0.4) is 0 Å². The van der Waals surface area contributed by atoms with E-state index in [1.165, 1.54) is 4.90 Å². The van der Waals surface area contributed by atoms with Crippen LogP contribution in [-0.2, 0) is 4.79 Å². The molecule has 2 N–H and O–H groups in total. The molecule has 4 heteroatoms. The summed E-state index contributed by atoms with van der Waals surface area (Å²) in [4.78, 5) is 13.0. The first-order valence-corrected chi connectivity index (χ1v) is 5.25. The molecule has 1 amide bonds. The van der Waals surface area contributed by atoms with E-state index in [0.29, 0.717) is 19.5 Å². The standard InChI is InChI=1S/C10H21NO3/c1-2-3-4-5-10(14)11(6-8-12)7-9-13/h12-13H,2-9H2,1H3. The lowest BCUT2D eigenvalue weighted by Crippen LogP contribution is -2.35. The Kier molecular flexibility index (Phi) is 8.57. The molecule has 84 valence electrons. The van der Waals surface area contributed by atoms with E-state index in [0.717, 1.165) is 19.3 Å². The number of carbonyl (C=O) groups is 1. The molecule has 0 atom stereocenters. The molecule has 0 saturated carbocycles. The quantitative estimate of drug-likeness (QED) is 0.561. The third-order valence-electron chi connectivity index (χ3n) is 2.09. The van der Waals surface area contributed by atoms with Gasteiger partial charge >= 0.3 is 0 Å². The van der Waals surface area contributed by atoms with Crippen LogP contribution in [0.15, 0.2) is 0 Å². The largest absolute Gasteiger partial charge is 0.395 e. The molecule has 0 fully saturated rings. The molecule has 0 rings (SSSR count). The maximum atomic E-state index is 11.5. The summed E-state index contributed by atoms with van der Waals surface area (Å²) >= 11 is 0. The van der Waals surface area contributed by atoms with Crippen molar-refractivity contribution in [3.8, 4) is 0 Å². The van der Waals surface area contributed by atoms with Crippen molar-refractivity contribution in [2.75, 3.05) is 26.3 Å². The van der Waals surface area contributed by atoms with Crippen LogP contribution in [0.5, 0.6) is 0 Å². The normalized spacial score (nSPS) is 10.2. The maximum Gasteiger partial charge on any atom is 0.222 e. The second-order valence-corrected chi connectivity index (χ2v) is 3.29. The van der Waals surface area contributed by atoms with Gasteiger partial charge in [-0.2, -0.15) is 0 Å². The number of nitrogens with zero attached hydrogens (tertiary/aromatic N) is 1. The molecule has 0 aliphatic rings.